The molecular formula is C37H38ClFN4O3. The number of aliphatic hydroxyl groups excluding tert-OH is 1. The van der Waals surface area contributed by atoms with E-state index in [0.29, 0.717) is 58.3 Å². The third-order valence-corrected chi connectivity index (χ3v) is 10.8. The zero-order chi connectivity index (χ0) is 31.7. The van der Waals surface area contributed by atoms with Crippen LogP contribution in [0.1, 0.15) is 54.1 Å². The Hall–Kier alpha value is -3.56. The first-order valence-electron chi connectivity index (χ1n) is 16.2. The van der Waals surface area contributed by atoms with Crippen molar-refractivity contribution < 1.29 is 19.0 Å². The topological polar surface area (TPSA) is 71.0 Å². The van der Waals surface area contributed by atoms with Crippen LogP contribution in [0.15, 0.2) is 48.5 Å². The third-order valence-electron chi connectivity index (χ3n) is 10.3. The monoisotopic (exact) mass is 640 g/mol. The number of aliphatic hydroxyl groups is 1. The summed E-state index contributed by atoms with van der Waals surface area (Å²) in [6.07, 6.45) is 3.51. The van der Waals surface area contributed by atoms with Crippen molar-refractivity contribution in [2.45, 2.75) is 50.8 Å². The molecular weight excluding hydrogens is 603 g/mol. The highest BCUT2D eigenvalue weighted by Gasteiger charge is 2.39. The number of rotatable bonds is 7. The number of hydrogen-bond donors (Lipinski definition) is 1. The normalized spacial score (nSPS) is 21.5. The third kappa shape index (κ3) is 4.80. The minimum absolute atomic E-state index is 0.157. The van der Waals surface area contributed by atoms with Crippen molar-refractivity contribution in [1.29, 1.82) is 0 Å². The van der Waals surface area contributed by atoms with Gasteiger partial charge in [-0.05, 0) is 60.9 Å². The molecule has 238 valence electrons. The molecule has 0 bridgehead atoms. The van der Waals surface area contributed by atoms with Crippen LogP contribution in [0.3, 0.4) is 0 Å². The summed E-state index contributed by atoms with van der Waals surface area (Å²) in [7, 11) is 3.29. The molecule has 2 atom stereocenters. The van der Waals surface area contributed by atoms with E-state index in [1.165, 1.54) is 11.1 Å². The maximum atomic E-state index is 16.5. The molecule has 0 spiro atoms. The SMILES string of the molecule is COc1nc(-c2cccc(-c3cccc(-c4cc5c(c(OC)n4)[C@H](N4CC(C)C4)CC5)c3Cl)c2F)cc2c1[C@H](N1CC(O)C1)CC2. The van der Waals surface area contributed by atoms with Crippen molar-refractivity contribution in [3.05, 3.63) is 81.6 Å². The Morgan fingerprint density at radius 2 is 1.26 bits per heavy atom. The van der Waals surface area contributed by atoms with Crippen LogP contribution in [-0.4, -0.2) is 71.4 Å². The van der Waals surface area contributed by atoms with Gasteiger partial charge in [-0.25, -0.2) is 14.4 Å². The van der Waals surface area contributed by atoms with Gasteiger partial charge in [0, 0.05) is 71.6 Å². The van der Waals surface area contributed by atoms with Crippen molar-refractivity contribution in [2.24, 2.45) is 5.92 Å². The molecule has 4 aromatic rings. The van der Waals surface area contributed by atoms with Crippen LogP contribution in [0.4, 0.5) is 4.39 Å². The smallest absolute Gasteiger partial charge is 0.218 e. The summed E-state index contributed by atoms with van der Waals surface area (Å²) in [6, 6.07) is 15.7. The van der Waals surface area contributed by atoms with Crippen molar-refractivity contribution >= 4 is 11.6 Å². The van der Waals surface area contributed by atoms with Crippen LogP contribution >= 0.6 is 11.6 Å². The predicted molar refractivity (Wildman–Crippen MR) is 177 cm³/mol. The molecule has 0 radical (unpaired) electrons. The van der Waals surface area contributed by atoms with Crippen molar-refractivity contribution in [2.75, 3.05) is 40.4 Å². The van der Waals surface area contributed by atoms with E-state index in [-0.39, 0.29) is 18.0 Å². The van der Waals surface area contributed by atoms with Gasteiger partial charge in [-0.15, -0.1) is 0 Å². The number of likely N-dealkylation sites (tertiary alicyclic amines) is 2. The van der Waals surface area contributed by atoms with Gasteiger partial charge in [-0.1, -0.05) is 48.9 Å². The number of nitrogens with zero attached hydrogens (tertiary/aromatic N) is 4. The van der Waals surface area contributed by atoms with E-state index in [9.17, 15) is 5.11 Å². The van der Waals surface area contributed by atoms with Crippen molar-refractivity contribution in [1.82, 2.24) is 19.8 Å². The van der Waals surface area contributed by atoms with Crippen LogP contribution in [0.2, 0.25) is 5.02 Å². The molecule has 2 fully saturated rings. The van der Waals surface area contributed by atoms with Crippen LogP contribution in [0.5, 0.6) is 11.8 Å². The van der Waals surface area contributed by atoms with Gasteiger partial charge in [-0.2, -0.15) is 0 Å². The number of fused-ring (bicyclic) bond motifs is 2. The molecule has 4 aliphatic rings. The second kappa shape index (κ2) is 11.6. The molecule has 8 rings (SSSR count). The van der Waals surface area contributed by atoms with E-state index < -0.39 is 0 Å². The Balaban J connectivity index is 1.15. The lowest BCUT2D eigenvalue weighted by molar-refractivity contribution is -0.0256. The maximum Gasteiger partial charge on any atom is 0.218 e. The lowest BCUT2D eigenvalue weighted by Gasteiger charge is -2.42. The van der Waals surface area contributed by atoms with E-state index >= 15 is 4.39 Å². The zero-order valence-electron chi connectivity index (χ0n) is 26.4. The molecule has 0 unspecified atom stereocenters. The van der Waals surface area contributed by atoms with Gasteiger partial charge >= 0.3 is 0 Å². The van der Waals surface area contributed by atoms with Gasteiger partial charge in [0.2, 0.25) is 11.8 Å². The summed E-state index contributed by atoms with van der Waals surface area (Å²) in [6.45, 7) is 5.79. The summed E-state index contributed by atoms with van der Waals surface area (Å²) >= 11 is 7.11. The number of β-amino-alcohol motifs (C(OH)–C–C–N with tert-alkyl or cyclic N) is 1. The summed E-state index contributed by atoms with van der Waals surface area (Å²) in [5.41, 5.74) is 7.98. The molecule has 0 saturated carbocycles. The molecule has 46 heavy (non-hydrogen) atoms. The molecule has 7 nitrogen and oxygen atoms in total. The fourth-order valence-electron chi connectivity index (χ4n) is 8.10. The number of benzene rings is 2. The Labute approximate surface area is 274 Å². The minimum Gasteiger partial charge on any atom is -0.481 e. The highest BCUT2D eigenvalue weighted by atomic mass is 35.5. The number of pyridine rings is 2. The van der Waals surface area contributed by atoms with Gasteiger partial charge in [0.1, 0.15) is 5.82 Å². The molecule has 4 heterocycles. The fourth-order valence-corrected chi connectivity index (χ4v) is 8.43. The summed E-state index contributed by atoms with van der Waals surface area (Å²) in [5, 5.41) is 10.3. The summed E-state index contributed by atoms with van der Waals surface area (Å²) in [5.74, 6) is 1.50. The van der Waals surface area contributed by atoms with Gasteiger partial charge in [0.25, 0.3) is 0 Å². The molecule has 9 heteroatoms. The predicted octanol–water partition coefficient (Wildman–Crippen LogP) is 6.89. The molecule has 1 N–H and O–H groups in total. The van der Waals surface area contributed by atoms with Gasteiger partial charge in [-0.3, -0.25) is 9.80 Å². The highest BCUT2D eigenvalue weighted by molar-refractivity contribution is 6.36. The van der Waals surface area contributed by atoms with E-state index in [1.807, 2.05) is 30.3 Å². The Kier molecular flexibility index (Phi) is 7.52. The minimum atomic E-state index is -0.387. The Morgan fingerprint density at radius 3 is 1.80 bits per heavy atom. The Bertz CT molecular complexity index is 1710. The number of aryl methyl sites for hydroxylation is 2. The average molecular weight is 641 g/mol. The maximum absolute atomic E-state index is 16.5. The van der Waals surface area contributed by atoms with Gasteiger partial charge in [0.15, 0.2) is 0 Å². The lowest BCUT2D eigenvalue weighted by atomic mass is 9.95. The quantitative estimate of drug-likeness (QED) is 0.236. The fraction of sp³-hybridized carbons (Fsp3) is 0.405. The van der Waals surface area contributed by atoms with E-state index in [1.54, 1.807) is 26.4 Å². The molecule has 2 aromatic heterocycles. The van der Waals surface area contributed by atoms with E-state index in [0.717, 1.165) is 67.1 Å². The van der Waals surface area contributed by atoms with Crippen molar-refractivity contribution in [3.8, 4) is 45.4 Å². The first-order valence-corrected chi connectivity index (χ1v) is 16.6. The van der Waals surface area contributed by atoms with Crippen LogP contribution in [0.25, 0.3) is 33.6 Å². The standard InChI is InChI=1S/C37H38ClFN4O3/c1-20-16-42(17-20)30-12-10-21-14-28(40-36(45-2)32(21)30)26-8-4-6-24(34(26)38)25-7-5-9-27(35(25)39)29-15-22-11-13-31(43-18-23(44)19-43)33(22)37(41-29)46-3/h4-9,14-15,20,23,30-31,44H,10-13,16-19H2,1-3H3/t30-,31-/m1/s1. The molecule has 2 saturated heterocycles. The molecule has 2 aliphatic heterocycles. The van der Waals surface area contributed by atoms with Crippen LogP contribution < -0.4 is 9.47 Å². The second-order valence-corrected chi connectivity index (χ2v) is 13.7. The Morgan fingerprint density at radius 1 is 0.761 bits per heavy atom. The van der Waals surface area contributed by atoms with Gasteiger partial charge < -0.3 is 14.6 Å². The number of hydrogen-bond acceptors (Lipinski definition) is 7. The van der Waals surface area contributed by atoms with Crippen LogP contribution in [-0.2, 0) is 12.8 Å². The number of halogens is 2. The first-order chi connectivity index (χ1) is 22.3. The van der Waals surface area contributed by atoms with E-state index in [4.69, 9.17) is 31.0 Å². The summed E-state index contributed by atoms with van der Waals surface area (Å²) < 4.78 is 28.1. The lowest BCUT2D eigenvalue weighted by Crippen LogP contribution is -2.51. The molecule has 2 aliphatic carbocycles. The number of aromatic nitrogens is 2. The largest absolute Gasteiger partial charge is 0.481 e. The molecule has 0 amide bonds. The van der Waals surface area contributed by atoms with Crippen LogP contribution in [0, 0.1) is 11.7 Å². The first kappa shape index (κ1) is 29.8. The van der Waals surface area contributed by atoms with Gasteiger partial charge in [0.05, 0.1) is 36.7 Å². The van der Waals surface area contributed by atoms with Crippen molar-refractivity contribution in [3.63, 3.8) is 0 Å². The molecule has 2 aromatic carbocycles. The second-order valence-electron chi connectivity index (χ2n) is 13.3. The number of methoxy groups -OCH3 is 2. The van der Waals surface area contributed by atoms with E-state index in [2.05, 4.69) is 22.8 Å². The summed E-state index contributed by atoms with van der Waals surface area (Å²) in [4.78, 5) is 14.5. The highest BCUT2D eigenvalue weighted by Crippen LogP contribution is 2.47. The number of ether oxygens (including phenoxy) is 2. The average Bonchev–Trinajstić information content (AvgIpc) is 3.65. The zero-order valence-corrected chi connectivity index (χ0v) is 27.1.